The maximum atomic E-state index is 10.9. The molecule has 0 aromatic rings. The number of nitrogens with two attached hydrogens (primary N) is 1. The zero-order valence-electron chi connectivity index (χ0n) is 7.29. The maximum Gasteiger partial charge on any atom is 0.208 e. The minimum atomic E-state index is -3.06. The molecule has 4 nitrogen and oxygen atoms in total. The number of sulfonamides is 1. The van der Waals surface area contributed by atoms with Gasteiger partial charge in [-0.2, -0.15) is 0 Å². The van der Waals surface area contributed by atoms with E-state index in [9.17, 15) is 8.42 Å². The van der Waals surface area contributed by atoms with Crippen molar-refractivity contribution in [3.63, 3.8) is 0 Å². The molecule has 12 heavy (non-hydrogen) atoms. The molecule has 72 valence electrons. The number of nitrogens with one attached hydrogen (secondary N) is 1. The third-order valence-electron chi connectivity index (χ3n) is 2.33. The van der Waals surface area contributed by atoms with Gasteiger partial charge in [-0.05, 0) is 25.3 Å². The summed E-state index contributed by atoms with van der Waals surface area (Å²) in [7, 11) is -3.06. The first-order valence-electron chi connectivity index (χ1n) is 4.20. The Bertz CT molecular complexity index is 238. The molecule has 0 radical (unpaired) electrons. The molecule has 1 rings (SSSR count). The topological polar surface area (TPSA) is 72.2 Å². The highest BCUT2D eigenvalue weighted by atomic mass is 32.2. The Morgan fingerprint density at radius 3 is 2.67 bits per heavy atom. The smallest absolute Gasteiger partial charge is 0.208 e. The lowest BCUT2D eigenvalue weighted by molar-refractivity contribution is 0.454. The van der Waals surface area contributed by atoms with Crippen molar-refractivity contribution in [1.82, 2.24) is 4.72 Å². The predicted molar refractivity (Wildman–Crippen MR) is 48.2 cm³/mol. The molecule has 0 amide bonds. The number of rotatable bonds is 3. The van der Waals surface area contributed by atoms with Gasteiger partial charge in [0.05, 0.1) is 6.26 Å². The van der Waals surface area contributed by atoms with Crippen LogP contribution < -0.4 is 10.5 Å². The van der Waals surface area contributed by atoms with Crippen LogP contribution in [0, 0.1) is 5.92 Å². The molecule has 0 unspecified atom stereocenters. The number of hydrogen-bond donors (Lipinski definition) is 2. The highest BCUT2D eigenvalue weighted by molar-refractivity contribution is 7.88. The van der Waals surface area contributed by atoms with E-state index in [2.05, 4.69) is 4.72 Å². The summed E-state index contributed by atoms with van der Waals surface area (Å²) < 4.78 is 24.4. The number of hydrogen-bond acceptors (Lipinski definition) is 3. The third-order valence-corrected chi connectivity index (χ3v) is 3.06. The van der Waals surface area contributed by atoms with Gasteiger partial charge in [0.25, 0.3) is 0 Å². The molecule has 0 aliphatic heterocycles. The van der Waals surface area contributed by atoms with Crippen LogP contribution in [0.3, 0.4) is 0 Å². The van der Waals surface area contributed by atoms with E-state index >= 15 is 0 Å². The molecule has 0 aromatic carbocycles. The summed E-state index contributed by atoms with van der Waals surface area (Å²) >= 11 is 0. The van der Waals surface area contributed by atoms with E-state index in [1.807, 2.05) is 0 Å². The van der Waals surface area contributed by atoms with Crippen LogP contribution in [-0.2, 0) is 10.0 Å². The Kier molecular flexibility index (Phi) is 3.09. The van der Waals surface area contributed by atoms with Crippen LogP contribution in [0.25, 0.3) is 0 Å². The van der Waals surface area contributed by atoms with Crippen LogP contribution in [0.2, 0.25) is 0 Å². The van der Waals surface area contributed by atoms with Gasteiger partial charge in [-0.25, -0.2) is 13.1 Å². The van der Waals surface area contributed by atoms with Crippen molar-refractivity contribution in [1.29, 1.82) is 0 Å². The van der Waals surface area contributed by atoms with Gasteiger partial charge in [0.1, 0.15) is 0 Å². The van der Waals surface area contributed by atoms with E-state index in [1.54, 1.807) is 0 Å². The third kappa shape index (κ3) is 2.73. The molecular formula is C7H16N2O2S. The van der Waals surface area contributed by atoms with Crippen LogP contribution in [-0.4, -0.2) is 27.3 Å². The molecule has 0 aromatic heterocycles. The fourth-order valence-electron chi connectivity index (χ4n) is 1.75. The second-order valence-electron chi connectivity index (χ2n) is 3.42. The van der Waals surface area contributed by atoms with Crippen LogP contribution >= 0.6 is 0 Å². The van der Waals surface area contributed by atoms with Crippen molar-refractivity contribution in [3.05, 3.63) is 0 Å². The molecule has 5 heteroatoms. The van der Waals surface area contributed by atoms with Crippen molar-refractivity contribution in [3.8, 4) is 0 Å². The van der Waals surface area contributed by atoms with Crippen molar-refractivity contribution in [2.24, 2.45) is 11.7 Å². The highest BCUT2D eigenvalue weighted by Crippen LogP contribution is 2.24. The van der Waals surface area contributed by atoms with Gasteiger partial charge in [-0.15, -0.1) is 0 Å². The van der Waals surface area contributed by atoms with Gasteiger partial charge >= 0.3 is 0 Å². The van der Waals surface area contributed by atoms with Gasteiger partial charge < -0.3 is 5.73 Å². The van der Waals surface area contributed by atoms with Crippen LogP contribution in [0.1, 0.15) is 19.3 Å². The minimum Gasteiger partial charge on any atom is -0.330 e. The molecule has 0 spiro atoms. The van der Waals surface area contributed by atoms with E-state index in [1.165, 1.54) is 6.26 Å². The van der Waals surface area contributed by atoms with Crippen LogP contribution in [0.15, 0.2) is 0 Å². The van der Waals surface area contributed by atoms with E-state index in [0.29, 0.717) is 12.5 Å². The summed E-state index contributed by atoms with van der Waals surface area (Å²) in [4.78, 5) is 0. The SMILES string of the molecule is CS(=O)(=O)N[C@@H]1CCC[C@H]1CN. The lowest BCUT2D eigenvalue weighted by atomic mass is 10.1. The van der Waals surface area contributed by atoms with Crippen molar-refractivity contribution in [2.45, 2.75) is 25.3 Å². The highest BCUT2D eigenvalue weighted by Gasteiger charge is 2.27. The van der Waals surface area contributed by atoms with Gasteiger partial charge in [0.2, 0.25) is 10.0 Å². The second kappa shape index (κ2) is 3.72. The van der Waals surface area contributed by atoms with Gasteiger partial charge in [0.15, 0.2) is 0 Å². The molecule has 2 atom stereocenters. The van der Waals surface area contributed by atoms with Crippen LogP contribution in [0.5, 0.6) is 0 Å². The zero-order valence-corrected chi connectivity index (χ0v) is 8.10. The summed E-state index contributed by atoms with van der Waals surface area (Å²) in [5.74, 6) is 0.333. The standard InChI is InChI=1S/C7H16N2O2S/c1-12(10,11)9-7-4-2-3-6(7)5-8/h6-7,9H,2-5,8H2,1H3/t6-,7+/m0/s1. The Labute approximate surface area is 73.6 Å². The fraction of sp³-hybridized carbons (Fsp3) is 1.00. The lowest BCUT2D eigenvalue weighted by Crippen LogP contribution is -2.39. The van der Waals surface area contributed by atoms with Gasteiger partial charge in [-0.3, -0.25) is 0 Å². The molecule has 1 aliphatic carbocycles. The quantitative estimate of drug-likeness (QED) is 0.642. The molecule has 1 saturated carbocycles. The summed E-state index contributed by atoms with van der Waals surface area (Å²) in [6.07, 6.45) is 4.24. The van der Waals surface area contributed by atoms with E-state index < -0.39 is 10.0 Å². The van der Waals surface area contributed by atoms with Crippen molar-refractivity contribution in [2.75, 3.05) is 12.8 Å². The van der Waals surface area contributed by atoms with Crippen LogP contribution in [0.4, 0.5) is 0 Å². The predicted octanol–water partition coefficient (Wildman–Crippen LogP) is -0.337. The van der Waals surface area contributed by atoms with E-state index in [-0.39, 0.29) is 6.04 Å². The van der Waals surface area contributed by atoms with Crippen molar-refractivity contribution < 1.29 is 8.42 Å². The summed E-state index contributed by atoms with van der Waals surface area (Å²) in [5, 5.41) is 0. The molecular weight excluding hydrogens is 176 g/mol. The first-order valence-corrected chi connectivity index (χ1v) is 6.09. The normalized spacial score (nSPS) is 30.8. The second-order valence-corrected chi connectivity index (χ2v) is 5.20. The van der Waals surface area contributed by atoms with Crippen molar-refractivity contribution >= 4 is 10.0 Å². The summed E-state index contributed by atoms with van der Waals surface area (Å²) in [6, 6.07) is 0.0741. The lowest BCUT2D eigenvalue weighted by Gasteiger charge is -2.17. The van der Waals surface area contributed by atoms with E-state index in [4.69, 9.17) is 5.73 Å². The zero-order chi connectivity index (χ0) is 9.19. The monoisotopic (exact) mass is 192 g/mol. The molecule has 0 bridgehead atoms. The van der Waals surface area contributed by atoms with Gasteiger partial charge in [0, 0.05) is 6.04 Å². The molecule has 1 fully saturated rings. The Balaban J connectivity index is 2.52. The van der Waals surface area contributed by atoms with Gasteiger partial charge in [-0.1, -0.05) is 6.42 Å². The average Bonchev–Trinajstić information content (AvgIpc) is 2.31. The first kappa shape index (κ1) is 9.95. The first-order chi connectivity index (χ1) is 5.53. The Morgan fingerprint density at radius 2 is 2.17 bits per heavy atom. The maximum absolute atomic E-state index is 10.9. The molecule has 1 aliphatic rings. The molecule has 3 N–H and O–H groups in total. The molecule has 0 heterocycles. The van der Waals surface area contributed by atoms with E-state index in [0.717, 1.165) is 19.3 Å². The Morgan fingerprint density at radius 1 is 1.50 bits per heavy atom. The largest absolute Gasteiger partial charge is 0.330 e. The summed E-state index contributed by atoms with van der Waals surface area (Å²) in [6.45, 7) is 0.577. The fourth-order valence-corrected chi connectivity index (χ4v) is 2.61. The minimum absolute atomic E-state index is 0.0741. The Hall–Kier alpha value is -0.130. The molecule has 0 saturated heterocycles. The average molecular weight is 192 g/mol. The summed E-state index contributed by atoms with van der Waals surface area (Å²) in [5.41, 5.74) is 5.51.